The Kier molecular flexibility index (Phi) is 7.34. The Morgan fingerprint density at radius 2 is 1.68 bits per heavy atom. The van der Waals surface area contributed by atoms with Crippen LogP contribution in [0.25, 0.3) is 11.5 Å². The van der Waals surface area contributed by atoms with E-state index in [4.69, 9.17) is 18.6 Å². The normalized spacial score (nSPS) is 11.2. The topological polar surface area (TPSA) is 70.8 Å². The van der Waals surface area contributed by atoms with Gasteiger partial charge in [-0.05, 0) is 69.2 Å². The standard InChI is InChI=1S/C25H29NO5/c1-5-18-7-9-19(10-8-18)23-26-20(17-30-23)15-16-29-21-11-13-22(14-12-21)31-25(3,4)24(27)28-6-2/h7-14,17H,5-6,15-16H2,1-4H3. The molecular weight excluding hydrogens is 394 g/mol. The maximum absolute atomic E-state index is 11.9. The summed E-state index contributed by atoms with van der Waals surface area (Å²) in [6.07, 6.45) is 3.30. The van der Waals surface area contributed by atoms with Crippen LogP contribution in [0.3, 0.4) is 0 Å². The van der Waals surface area contributed by atoms with E-state index < -0.39 is 11.6 Å². The lowest BCUT2D eigenvalue weighted by atomic mass is 10.1. The van der Waals surface area contributed by atoms with Crippen LogP contribution in [0.5, 0.6) is 11.5 Å². The van der Waals surface area contributed by atoms with Crippen molar-refractivity contribution in [1.29, 1.82) is 0 Å². The molecule has 164 valence electrons. The fourth-order valence-corrected chi connectivity index (χ4v) is 2.96. The van der Waals surface area contributed by atoms with Crippen molar-refractivity contribution >= 4 is 5.97 Å². The van der Waals surface area contributed by atoms with Crippen molar-refractivity contribution in [2.45, 2.75) is 46.1 Å². The summed E-state index contributed by atoms with van der Waals surface area (Å²) >= 11 is 0. The van der Waals surface area contributed by atoms with E-state index >= 15 is 0 Å². The van der Waals surface area contributed by atoms with Crippen LogP contribution in [-0.4, -0.2) is 29.8 Å². The highest BCUT2D eigenvalue weighted by Gasteiger charge is 2.31. The lowest BCUT2D eigenvalue weighted by Gasteiger charge is -2.24. The van der Waals surface area contributed by atoms with Crippen LogP contribution in [0.2, 0.25) is 0 Å². The summed E-state index contributed by atoms with van der Waals surface area (Å²) in [5, 5.41) is 0. The van der Waals surface area contributed by atoms with E-state index in [1.54, 1.807) is 51.3 Å². The maximum Gasteiger partial charge on any atom is 0.349 e. The molecule has 0 fully saturated rings. The van der Waals surface area contributed by atoms with E-state index in [1.165, 1.54) is 5.56 Å². The van der Waals surface area contributed by atoms with Crippen LogP contribution in [0.15, 0.2) is 59.2 Å². The average Bonchev–Trinajstić information content (AvgIpc) is 3.24. The van der Waals surface area contributed by atoms with Crippen LogP contribution >= 0.6 is 0 Å². The lowest BCUT2D eigenvalue weighted by molar-refractivity contribution is -0.158. The first-order valence-corrected chi connectivity index (χ1v) is 10.5. The Bertz CT molecular complexity index is 974. The molecule has 0 radical (unpaired) electrons. The van der Waals surface area contributed by atoms with Gasteiger partial charge in [0.2, 0.25) is 5.89 Å². The van der Waals surface area contributed by atoms with Gasteiger partial charge < -0.3 is 18.6 Å². The van der Waals surface area contributed by atoms with Gasteiger partial charge in [-0.3, -0.25) is 0 Å². The van der Waals surface area contributed by atoms with Crippen LogP contribution in [0.4, 0.5) is 0 Å². The Morgan fingerprint density at radius 1 is 1.00 bits per heavy atom. The predicted molar refractivity (Wildman–Crippen MR) is 118 cm³/mol. The minimum atomic E-state index is -1.06. The molecule has 3 rings (SSSR count). The highest BCUT2D eigenvalue weighted by Crippen LogP contribution is 2.23. The molecule has 0 unspecified atom stereocenters. The van der Waals surface area contributed by atoms with E-state index in [1.807, 2.05) is 12.1 Å². The number of carbonyl (C=O) groups is 1. The van der Waals surface area contributed by atoms with Crippen molar-refractivity contribution in [3.05, 3.63) is 66.1 Å². The van der Waals surface area contributed by atoms with Gasteiger partial charge in [0.1, 0.15) is 17.8 Å². The number of carbonyl (C=O) groups excluding carboxylic acids is 1. The largest absolute Gasteiger partial charge is 0.493 e. The van der Waals surface area contributed by atoms with Crippen LogP contribution in [-0.2, 0) is 22.4 Å². The zero-order valence-electron chi connectivity index (χ0n) is 18.5. The summed E-state index contributed by atoms with van der Waals surface area (Å²) in [6, 6.07) is 15.4. The predicted octanol–water partition coefficient (Wildman–Crippen LogP) is 5.25. The number of nitrogens with zero attached hydrogens (tertiary/aromatic N) is 1. The lowest BCUT2D eigenvalue weighted by Crippen LogP contribution is -2.39. The van der Waals surface area contributed by atoms with Crippen LogP contribution in [0, 0.1) is 0 Å². The molecule has 3 aromatic rings. The molecule has 0 bridgehead atoms. The number of aromatic nitrogens is 1. The third-order valence-electron chi connectivity index (χ3n) is 4.75. The van der Waals surface area contributed by atoms with Gasteiger partial charge >= 0.3 is 5.97 Å². The minimum Gasteiger partial charge on any atom is -0.493 e. The van der Waals surface area contributed by atoms with Crippen LogP contribution < -0.4 is 9.47 Å². The number of oxazole rings is 1. The van der Waals surface area contributed by atoms with Gasteiger partial charge in [-0.1, -0.05) is 19.1 Å². The summed E-state index contributed by atoms with van der Waals surface area (Å²) in [5.41, 5.74) is 2.03. The number of rotatable bonds is 10. The minimum absolute atomic E-state index is 0.316. The quantitative estimate of drug-likeness (QED) is 0.415. The van der Waals surface area contributed by atoms with Crippen molar-refractivity contribution in [2.24, 2.45) is 0 Å². The molecule has 0 saturated carbocycles. The van der Waals surface area contributed by atoms with E-state index in [0.717, 1.165) is 17.7 Å². The molecule has 0 aliphatic rings. The average molecular weight is 424 g/mol. The third kappa shape index (κ3) is 6.10. The van der Waals surface area contributed by atoms with Crippen molar-refractivity contribution in [3.63, 3.8) is 0 Å². The second-order valence-corrected chi connectivity index (χ2v) is 7.60. The molecular formula is C25H29NO5. The first-order chi connectivity index (χ1) is 14.9. The maximum atomic E-state index is 11.9. The first-order valence-electron chi connectivity index (χ1n) is 10.5. The number of hydrogen-bond acceptors (Lipinski definition) is 6. The Balaban J connectivity index is 1.50. The number of hydrogen-bond donors (Lipinski definition) is 0. The van der Waals surface area contributed by atoms with Crippen molar-refractivity contribution in [3.8, 4) is 23.0 Å². The van der Waals surface area contributed by atoms with Crippen molar-refractivity contribution in [1.82, 2.24) is 4.98 Å². The second-order valence-electron chi connectivity index (χ2n) is 7.60. The van der Waals surface area contributed by atoms with Crippen molar-refractivity contribution in [2.75, 3.05) is 13.2 Å². The molecule has 0 N–H and O–H groups in total. The molecule has 0 atom stereocenters. The Morgan fingerprint density at radius 3 is 2.32 bits per heavy atom. The highest BCUT2D eigenvalue weighted by atomic mass is 16.6. The molecule has 31 heavy (non-hydrogen) atoms. The van der Waals surface area contributed by atoms with E-state index in [-0.39, 0.29) is 0 Å². The molecule has 0 spiro atoms. The van der Waals surface area contributed by atoms with E-state index in [2.05, 4.69) is 24.0 Å². The van der Waals surface area contributed by atoms with E-state index in [0.29, 0.717) is 37.0 Å². The monoisotopic (exact) mass is 423 g/mol. The van der Waals surface area contributed by atoms with Gasteiger partial charge in [0.25, 0.3) is 0 Å². The Labute approximate surface area is 183 Å². The van der Waals surface area contributed by atoms with Crippen LogP contribution in [0.1, 0.15) is 39.0 Å². The molecule has 0 amide bonds. The molecule has 0 aliphatic heterocycles. The molecule has 0 saturated heterocycles. The molecule has 1 heterocycles. The summed E-state index contributed by atoms with van der Waals surface area (Å²) in [4.78, 5) is 16.5. The third-order valence-corrected chi connectivity index (χ3v) is 4.75. The number of esters is 1. The Hall–Kier alpha value is -3.28. The van der Waals surface area contributed by atoms with Gasteiger partial charge in [0.15, 0.2) is 5.60 Å². The second kappa shape index (κ2) is 10.2. The first kappa shape index (κ1) is 22.4. The van der Waals surface area contributed by atoms with E-state index in [9.17, 15) is 4.79 Å². The van der Waals surface area contributed by atoms with Crippen molar-refractivity contribution < 1.29 is 23.4 Å². The molecule has 6 heteroatoms. The van der Waals surface area contributed by atoms with Gasteiger partial charge in [-0.25, -0.2) is 9.78 Å². The molecule has 2 aromatic carbocycles. The fraction of sp³-hybridized carbons (Fsp3) is 0.360. The summed E-state index contributed by atoms with van der Waals surface area (Å²) in [7, 11) is 0. The van der Waals surface area contributed by atoms with Gasteiger partial charge in [-0.2, -0.15) is 0 Å². The van der Waals surface area contributed by atoms with Gasteiger partial charge in [0, 0.05) is 12.0 Å². The summed E-state index contributed by atoms with van der Waals surface area (Å²) < 4.78 is 22.2. The van der Waals surface area contributed by atoms with Gasteiger partial charge in [-0.15, -0.1) is 0 Å². The fourth-order valence-electron chi connectivity index (χ4n) is 2.96. The molecule has 0 aliphatic carbocycles. The number of aryl methyl sites for hydroxylation is 1. The number of benzene rings is 2. The zero-order valence-corrected chi connectivity index (χ0v) is 18.5. The van der Waals surface area contributed by atoms with Gasteiger partial charge in [0.05, 0.1) is 18.9 Å². The number of ether oxygens (including phenoxy) is 3. The smallest absolute Gasteiger partial charge is 0.349 e. The molecule has 1 aromatic heterocycles. The zero-order chi connectivity index (χ0) is 22.3. The summed E-state index contributed by atoms with van der Waals surface area (Å²) in [5.74, 6) is 1.49. The SMILES string of the molecule is CCOC(=O)C(C)(C)Oc1ccc(OCCc2coc(-c3ccc(CC)cc3)n2)cc1. The highest BCUT2D eigenvalue weighted by molar-refractivity contribution is 5.79. The summed E-state index contributed by atoms with van der Waals surface area (Å²) in [6.45, 7) is 8.04. The molecule has 6 nitrogen and oxygen atoms in total.